The lowest BCUT2D eigenvalue weighted by Gasteiger charge is -2.11. The molecule has 0 saturated heterocycles. The first-order chi connectivity index (χ1) is 8.54. The standard InChI is InChI=1S/C11H12F3NO3S/c1-7(10(15)16)19(17,18)6-8-3-2-4-9(5-8)11(12,13)14/h2-5,7H,6H2,1H3,(H2,15,16)/t7-/m1/s1. The van der Waals surface area contributed by atoms with Crippen LogP contribution in [0.15, 0.2) is 24.3 Å². The molecule has 19 heavy (non-hydrogen) atoms. The molecule has 0 saturated carbocycles. The molecule has 8 heteroatoms. The van der Waals surface area contributed by atoms with Crippen molar-refractivity contribution in [3.05, 3.63) is 35.4 Å². The Balaban J connectivity index is 3.05. The molecule has 0 fully saturated rings. The molecule has 0 aromatic heterocycles. The van der Waals surface area contributed by atoms with Crippen molar-refractivity contribution in [3.63, 3.8) is 0 Å². The summed E-state index contributed by atoms with van der Waals surface area (Å²) < 4.78 is 60.8. The molecule has 0 heterocycles. The van der Waals surface area contributed by atoms with Gasteiger partial charge >= 0.3 is 6.18 Å². The zero-order valence-corrected chi connectivity index (χ0v) is 10.8. The van der Waals surface area contributed by atoms with Crippen LogP contribution in [0, 0.1) is 0 Å². The predicted octanol–water partition coefficient (Wildman–Crippen LogP) is 1.49. The Morgan fingerprint density at radius 3 is 2.42 bits per heavy atom. The van der Waals surface area contributed by atoms with Crippen molar-refractivity contribution in [2.75, 3.05) is 0 Å². The van der Waals surface area contributed by atoms with Crippen LogP contribution in [0.5, 0.6) is 0 Å². The van der Waals surface area contributed by atoms with Gasteiger partial charge in [-0.1, -0.05) is 18.2 Å². The lowest BCUT2D eigenvalue weighted by molar-refractivity contribution is -0.137. The maximum absolute atomic E-state index is 12.5. The van der Waals surface area contributed by atoms with E-state index in [1.165, 1.54) is 6.07 Å². The smallest absolute Gasteiger partial charge is 0.369 e. The van der Waals surface area contributed by atoms with Crippen molar-refractivity contribution in [2.24, 2.45) is 5.73 Å². The van der Waals surface area contributed by atoms with E-state index in [9.17, 15) is 26.4 Å². The number of benzene rings is 1. The van der Waals surface area contributed by atoms with Gasteiger partial charge in [-0.15, -0.1) is 0 Å². The molecule has 1 rings (SSSR count). The number of rotatable bonds is 4. The van der Waals surface area contributed by atoms with Crippen molar-refractivity contribution in [1.29, 1.82) is 0 Å². The molecule has 0 unspecified atom stereocenters. The summed E-state index contributed by atoms with van der Waals surface area (Å²) >= 11 is 0. The molecule has 0 aliphatic heterocycles. The van der Waals surface area contributed by atoms with Crippen LogP contribution in [0.25, 0.3) is 0 Å². The molecule has 0 bridgehead atoms. The monoisotopic (exact) mass is 295 g/mol. The highest BCUT2D eigenvalue weighted by Gasteiger charge is 2.31. The first-order valence-electron chi connectivity index (χ1n) is 5.21. The van der Waals surface area contributed by atoms with Gasteiger partial charge in [-0.25, -0.2) is 8.42 Å². The highest BCUT2D eigenvalue weighted by Crippen LogP contribution is 2.30. The van der Waals surface area contributed by atoms with E-state index in [4.69, 9.17) is 5.73 Å². The molecule has 0 spiro atoms. The molecule has 4 nitrogen and oxygen atoms in total. The fraction of sp³-hybridized carbons (Fsp3) is 0.364. The number of hydrogen-bond donors (Lipinski definition) is 1. The Labute approximate surface area is 108 Å². The Hall–Kier alpha value is -1.57. The van der Waals surface area contributed by atoms with Gasteiger partial charge < -0.3 is 5.73 Å². The van der Waals surface area contributed by atoms with Gasteiger partial charge in [0, 0.05) is 0 Å². The lowest BCUT2D eigenvalue weighted by atomic mass is 10.1. The van der Waals surface area contributed by atoms with Crippen LogP contribution in [0.1, 0.15) is 18.1 Å². The summed E-state index contributed by atoms with van der Waals surface area (Å²) in [6.45, 7) is 1.10. The summed E-state index contributed by atoms with van der Waals surface area (Å²) in [6, 6.07) is 3.95. The Kier molecular flexibility index (Phi) is 4.24. The summed E-state index contributed by atoms with van der Waals surface area (Å²) in [5, 5.41) is -1.44. The summed E-state index contributed by atoms with van der Waals surface area (Å²) in [7, 11) is -3.92. The van der Waals surface area contributed by atoms with E-state index in [1.807, 2.05) is 0 Å². The third-order valence-electron chi connectivity index (χ3n) is 2.56. The van der Waals surface area contributed by atoms with Gasteiger partial charge in [0.05, 0.1) is 11.3 Å². The van der Waals surface area contributed by atoms with Gasteiger partial charge in [0.1, 0.15) is 5.25 Å². The van der Waals surface area contributed by atoms with E-state index in [0.717, 1.165) is 25.1 Å². The second-order valence-electron chi connectivity index (χ2n) is 4.05. The number of carbonyl (C=O) groups is 1. The maximum Gasteiger partial charge on any atom is 0.416 e. The highest BCUT2D eigenvalue weighted by atomic mass is 32.2. The number of carbonyl (C=O) groups excluding carboxylic acids is 1. The van der Waals surface area contributed by atoms with Crippen LogP contribution in [-0.4, -0.2) is 19.6 Å². The third-order valence-corrected chi connectivity index (χ3v) is 4.61. The molecule has 0 aliphatic rings. The summed E-state index contributed by atoms with van der Waals surface area (Å²) in [4.78, 5) is 10.8. The SMILES string of the molecule is C[C@H](C(N)=O)S(=O)(=O)Cc1cccc(C(F)(F)F)c1. The van der Waals surface area contributed by atoms with Gasteiger partial charge in [-0.3, -0.25) is 4.79 Å². The molecule has 2 N–H and O–H groups in total. The van der Waals surface area contributed by atoms with E-state index in [2.05, 4.69) is 0 Å². The molecular formula is C11H12F3NO3S. The van der Waals surface area contributed by atoms with Gasteiger partial charge in [0.25, 0.3) is 0 Å². The van der Waals surface area contributed by atoms with Crippen molar-refractivity contribution >= 4 is 15.7 Å². The topological polar surface area (TPSA) is 77.2 Å². The van der Waals surface area contributed by atoms with Gasteiger partial charge in [0.2, 0.25) is 5.91 Å². The van der Waals surface area contributed by atoms with E-state index < -0.39 is 38.5 Å². The third kappa shape index (κ3) is 3.95. The molecule has 0 aliphatic carbocycles. The molecule has 1 aromatic carbocycles. The summed E-state index contributed by atoms with van der Waals surface area (Å²) in [5.74, 6) is -1.70. The van der Waals surface area contributed by atoms with Crippen LogP contribution < -0.4 is 5.73 Å². The van der Waals surface area contributed by atoms with Gasteiger partial charge in [-0.05, 0) is 18.6 Å². The van der Waals surface area contributed by atoms with E-state index in [1.54, 1.807) is 0 Å². The fourth-order valence-electron chi connectivity index (χ4n) is 1.37. The van der Waals surface area contributed by atoms with Crippen LogP contribution >= 0.6 is 0 Å². The van der Waals surface area contributed by atoms with Crippen LogP contribution in [0.3, 0.4) is 0 Å². The largest absolute Gasteiger partial charge is 0.416 e. The minimum absolute atomic E-state index is 0.0390. The minimum Gasteiger partial charge on any atom is -0.369 e. The van der Waals surface area contributed by atoms with E-state index >= 15 is 0 Å². The molecule has 1 aromatic rings. The molecule has 1 atom stereocenters. The number of hydrogen-bond acceptors (Lipinski definition) is 3. The van der Waals surface area contributed by atoms with Crippen LogP contribution in [-0.2, 0) is 26.6 Å². The normalized spacial score (nSPS) is 14.1. The van der Waals surface area contributed by atoms with Gasteiger partial charge in [0.15, 0.2) is 9.84 Å². The fourth-order valence-corrected chi connectivity index (χ4v) is 2.62. The van der Waals surface area contributed by atoms with Crippen molar-refractivity contribution in [2.45, 2.75) is 24.1 Å². The van der Waals surface area contributed by atoms with E-state index in [0.29, 0.717) is 0 Å². The Bertz CT molecular complexity index is 581. The second kappa shape index (κ2) is 5.20. The summed E-state index contributed by atoms with van der Waals surface area (Å²) in [6.07, 6.45) is -4.55. The zero-order chi connectivity index (χ0) is 14.8. The zero-order valence-electron chi connectivity index (χ0n) is 9.94. The number of primary amides is 1. The van der Waals surface area contributed by atoms with Crippen molar-refractivity contribution in [1.82, 2.24) is 0 Å². The van der Waals surface area contributed by atoms with Gasteiger partial charge in [-0.2, -0.15) is 13.2 Å². The number of alkyl halides is 3. The molecule has 106 valence electrons. The first-order valence-corrected chi connectivity index (χ1v) is 6.92. The number of sulfone groups is 1. The maximum atomic E-state index is 12.5. The molecular weight excluding hydrogens is 283 g/mol. The number of nitrogens with two attached hydrogens (primary N) is 1. The quantitative estimate of drug-likeness (QED) is 0.914. The van der Waals surface area contributed by atoms with Crippen LogP contribution in [0.2, 0.25) is 0 Å². The second-order valence-corrected chi connectivity index (χ2v) is 6.37. The Morgan fingerprint density at radius 1 is 1.37 bits per heavy atom. The van der Waals surface area contributed by atoms with Crippen LogP contribution in [0.4, 0.5) is 13.2 Å². The van der Waals surface area contributed by atoms with Crippen molar-refractivity contribution in [3.8, 4) is 0 Å². The summed E-state index contributed by atoms with van der Waals surface area (Å²) in [5.41, 5.74) is 3.90. The van der Waals surface area contributed by atoms with Crippen molar-refractivity contribution < 1.29 is 26.4 Å². The van der Waals surface area contributed by atoms with E-state index in [-0.39, 0.29) is 5.56 Å². The lowest BCUT2D eigenvalue weighted by Crippen LogP contribution is -2.34. The Morgan fingerprint density at radius 2 is 1.95 bits per heavy atom. The number of halogens is 3. The average Bonchev–Trinajstić information content (AvgIpc) is 2.26. The predicted molar refractivity (Wildman–Crippen MR) is 62.7 cm³/mol. The average molecular weight is 295 g/mol. The number of amides is 1. The molecule has 1 amide bonds. The highest BCUT2D eigenvalue weighted by molar-refractivity contribution is 7.92. The molecule has 0 radical (unpaired) electrons. The minimum atomic E-state index is -4.55. The first kappa shape index (κ1) is 15.5.